The Balaban J connectivity index is 0.000000396. The Morgan fingerprint density at radius 3 is 2.30 bits per heavy atom. The zero-order valence-corrected chi connectivity index (χ0v) is 12.9. The van der Waals surface area contributed by atoms with Gasteiger partial charge >= 0.3 is 0 Å². The Morgan fingerprint density at radius 2 is 1.90 bits per heavy atom. The normalized spacial score (nSPS) is 9.80. The molecule has 1 N–H and O–H groups in total. The third-order valence-corrected chi connectivity index (χ3v) is 2.06. The third kappa shape index (κ3) is 7.63. The van der Waals surface area contributed by atoms with Crippen LogP contribution in [0.15, 0.2) is 60.5 Å². The number of nitrogens with zero attached hydrogens (tertiary/aromatic N) is 1. The first-order valence-corrected chi connectivity index (χ1v) is 5.85. The number of hydrogen-bond donors (Lipinski definition) is 1. The van der Waals surface area contributed by atoms with E-state index >= 15 is 0 Å². The molecule has 4 heteroatoms. The van der Waals surface area contributed by atoms with Gasteiger partial charge in [0, 0.05) is 32.7 Å². The molecule has 0 spiro atoms. The van der Waals surface area contributed by atoms with Crippen molar-refractivity contribution >= 4 is 5.78 Å². The summed E-state index contributed by atoms with van der Waals surface area (Å²) in [5.41, 5.74) is 2.01. The van der Waals surface area contributed by atoms with Crippen LogP contribution in [-0.4, -0.2) is 15.9 Å². The van der Waals surface area contributed by atoms with Crippen LogP contribution in [0.25, 0.3) is 11.3 Å². The van der Waals surface area contributed by atoms with Gasteiger partial charge in [-0.15, -0.1) is 35.9 Å². The molecule has 1 aromatic heterocycles. The molecule has 0 radical (unpaired) electrons. The van der Waals surface area contributed by atoms with Crippen molar-refractivity contribution < 1.29 is 30.3 Å². The number of ketones is 1. The largest absolute Gasteiger partial charge is 0.512 e. The van der Waals surface area contributed by atoms with E-state index in [2.05, 4.69) is 11.1 Å². The minimum atomic E-state index is -0.125. The number of benzene rings is 1. The van der Waals surface area contributed by atoms with Crippen molar-refractivity contribution in [1.82, 2.24) is 4.98 Å². The van der Waals surface area contributed by atoms with Crippen molar-refractivity contribution in [3.05, 3.63) is 66.6 Å². The van der Waals surface area contributed by atoms with Crippen LogP contribution in [0.2, 0.25) is 0 Å². The molecule has 0 aliphatic rings. The van der Waals surface area contributed by atoms with Gasteiger partial charge in [-0.05, 0) is 25.6 Å². The molecule has 3 nitrogen and oxygen atoms in total. The zero-order chi connectivity index (χ0) is 14.1. The fraction of sp³-hybridized carbons (Fsp3) is 0.125. The molecule has 0 aliphatic heterocycles. The Hall–Kier alpha value is -1.76. The van der Waals surface area contributed by atoms with E-state index in [0.717, 1.165) is 11.3 Å². The maximum atomic E-state index is 10.0. The molecule has 0 aliphatic carbocycles. The first kappa shape index (κ1) is 18.2. The van der Waals surface area contributed by atoms with Crippen LogP contribution in [0, 0.1) is 6.07 Å². The van der Waals surface area contributed by atoms with E-state index in [-0.39, 0.29) is 32.0 Å². The van der Waals surface area contributed by atoms with Gasteiger partial charge < -0.3 is 10.1 Å². The van der Waals surface area contributed by atoms with Crippen LogP contribution in [-0.2, 0) is 25.2 Å². The standard InChI is InChI=1S/C11H8N.C5H8O2.Pd/c1-2-6-10(7-3-1)11-8-4-5-9-12-11;1-4(6)3-5(2)7;/h1-6,8-9H;3,6H,1-2H3;/q-1;;/b;4-3-;. The number of aromatic nitrogens is 1. The first-order valence-electron chi connectivity index (χ1n) is 5.85. The number of rotatable bonds is 2. The van der Waals surface area contributed by atoms with E-state index in [4.69, 9.17) is 5.11 Å². The molecule has 0 saturated carbocycles. The fourth-order valence-electron chi connectivity index (χ4n) is 1.37. The van der Waals surface area contributed by atoms with Crippen molar-refractivity contribution in [2.45, 2.75) is 13.8 Å². The molecule has 1 aromatic carbocycles. The molecule has 108 valence electrons. The second kappa shape index (κ2) is 10.1. The van der Waals surface area contributed by atoms with Crippen LogP contribution >= 0.6 is 0 Å². The predicted molar refractivity (Wildman–Crippen MR) is 75.6 cm³/mol. The molecular weight excluding hydrogens is 345 g/mol. The number of pyridine rings is 1. The van der Waals surface area contributed by atoms with Crippen molar-refractivity contribution in [2.24, 2.45) is 0 Å². The minimum absolute atomic E-state index is 0. The van der Waals surface area contributed by atoms with Gasteiger partial charge in [-0.2, -0.15) is 0 Å². The molecule has 2 aromatic rings. The maximum Gasteiger partial charge on any atom is 0.155 e. The summed E-state index contributed by atoms with van der Waals surface area (Å²) in [6, 6.07) is 16.8. The average Bonchev–Trinajstić information content (AvgIpc) is 2.40. The van der Waals surface area contributed by atoms with Gasteiger partial charge in [-0.25, -0.2) is 0 Å². The molecule has 0 bridgehead atoms. The first-order chi connectivity index (χ1) is 9.09. The van der Waals surface area contributed by atoms with E-state index in [1.54, 1.807) is 6.20 Å². The van der Waals surface area contributed by atoms with Crippen molar-refractivity contribution in [3.63, 3.8) is 0 Å². The summed E-state index contributed by atoms with van der Waals surface area (Å²) >= 11 is 0. The zero-order valence-electron chi connectivity index (χ0n) is 11.3. The molecule has 0 saturated heterocycles. The Labute approximate surface area is 133 Å². The van der Waals surface area contributed by atoms with E-state index in [1.165, 1.54) is 19.9 Å². The number of aliphatic hydroxyl groups excluding tert-OH is 1. The van der Waals surface area contributed by atoms with Gasteiger partial charge in [0.25, 0.3) is 0 Å². The van der Waals surface area contributed by atoms with Gasteiger partial charge in [0.2, 0.25) is 0 Å². The monoisotopic (exact) mass is 360 g/mol. The molecule has 0 fully saturated rings. The maximum absolute atomic E-state index is 10.0. The van der Waals surface area contributed by atoms with E-state index in [1.807, 2.05) is 42.5 Å². The second-order valence-electron chi connectivity index (χ2n) is 3.89. The van der Waals surface area contributed by atoms with Crippen molar-refractivity contribution in [2.75, 3.05) is 0 Å². The molecule has 0 amide bonds. The summed E-state index contributed by atoms with van der Waals surface area (Å²) in [5.74, 6) is -0.0625. The van der Waals surface area contributed by atoms with Crippen LogP contribution in [0.4, 0.5) is 0 Å². The van der Waals surface area contributed by atoms with Crippen LogP contribution < -0.4 is 0 Å². The second-order valence-corrected chi connectivity index (χ2v) is 3.89. The van der Waals surface area contributed by atoms with E-state index in [9.17, 15) is 4.79 Å². The molecule has 1 heterocycles. The van der Waals surface area contributed by atoms with E-state index in [0.29, 0.717) is 0 Å². The van der Waals surface area contributed by atoms with Gasteiger partial charge in [-0.3, -0.25) is 4.79 Å². The SMILES string of the molecule is CC(=O)/C=C(/C)O.[Pd].[c-]1ccccc1-c1ccccn1. The summed E-state index contributed by atoms with van der Waals surface area (Å²) in [6.07, 6.45) is 2.95. The van der Waals surface area contributed by atoms with Gasteiger partial charge in [0.15, 0.2) is 5.78 Å². The van der Waals surface area contributed by atoms with Crippen LogP contribution in [0.5, 0.6) is 0 Å². The van der Waals surface area contributed by atoms with Crippen LogP contribution in [0.1, 0.15) is 13.8 Å². The molecule has 0 unspecified atom stereocenters. The molecule has 0 atom stereocenters. The molecule has 2 rings (SSSR count). The number of hydrogen-bond acceptors (Lipinski definition) is 3. The average molecular weight is 361 g/mol. The quantitative estimate of drug-likeness (QED) is 0.385. The van der Waals surface area contributed by atoms with Crippen molar-refractivity contribution in [3.8, 4) is 11.3 Å². The Bertz CT molecular complexity index is 497. The number of aliphatic hydroxyl groups is 1. The Kier molecular flexibility index (Phi) is 9.19. The minimum Gasteiger partial charge on any atom is -0.512 e. The number of carbonyl (C=O) groups excluding carboxylic acids is 1. The smallest absolute Gasteiger partial charge is 0.155 e. The fourth-order valence-corrected chi connectivity index (χ4v) is 1.37. The summed E-state index contributed by atoms with van der Waals surface area (Å²) in [5, 5.41) is 8.36. The van der Waals surface area contributed by atoms with Gasteiger partial charge in [0.05, 0.1) is 5.76 Å². The summed E-state index contributed by atoms with van der Waals surface area (Å²) in [7, 11) is 0. The Morgan fingerprint density at radius 1 is 1.20 bits per heavy atom. The van der Waals surface area contributed by atoms with Gasteiger partial charge in [-0.1, -0.05) is 12.1 Å². The summed E-state index contributed by atoms with van der Waals surface area (Å²) in [6.45, 7) is 2.85. The summed E-state index contributed by atoms with van der Waals surface area (Å²) in [4.78, 5) is 14.2. The molecule has 20 heavy (non-hydrogen) atoms. The third-order valence-electron chi connectivity index (χ3n) is 2.06. The summed E-state index contributed by atoms with van der Waals surface area (Å²) < 4.78 is 0. The molecular formula is C16H16NO2Pd-. The number of carbonyl (C=O) groups is 1. The number of allylic oxidation sites excluding steroid dienone is 2. The predicted octanol–water partition coefficient (Wildman–Crippen LogP) is 3.58. The van der Waals surface area contributed by atoms with Gasteiger partial charge in [0.1, 0.15) is 0 Å². The van der Waals surface area contributed by atoms with Crippen LogP contribution in [0.3, 0.4) is 0 Å². The van der Waals surface area contributed by atoms with Crippen molar-refractivity contribution in [1.29, 1.82) is 0 Å². The topological polar surface area (TPSA) is 50.2 Å². The van der Waals surface area contributed by atoms with E-state index < -0.39 is 0 Å².